The first-order valence-electron chi connectivity index (χ1n) is 6.99. The highest BCUT2D eigenvalue weighted by Gasteiger charge is 2.21. The van der Waals surface area contributed by atoms with Crippen molar-refractivity contribution in [2.24, 2.45) is 5.73 Å². The van der Waals surface area contributed by atoms with Crippen molar-refractivity contribution in [2.45, 2.75) is 25.9 Å². The molecule has 1 saturated heterocycles. The smallest absolute Gasteiger partial charge is 0.106 e. The number of anilines is 1. The third-order valence-corrected chi connectivity index (χ3v) is 3.86. The molecule has 0 aromatic heterocycles. The van der Waals surface area contributed by atoms with Crippen molar-refractivity contribution in [3.05, 3.63) is 29.3 Å². The van der Waals surface area contributed by atoms with Crippen molar-refractivity contribution in [2.75, 3.05) is 31.2 Å². The van der Waals surface area contributed by atoms with Crippen LogP contribution in [0.1, 0.15) is 24.0 Å². The number of rotatable bonds is 5. The van der Waals surface area contributed by atoms with Gasteiger partial charge in [0.2, 0.25) is 0 Å². The van der Waals surface area contributed by atoms with E-state index in [0.29, 0.717) is 11.6 Å². The summed E-state index contributed by atoms with van der Waals surface area (Å²) in [7, 11) is 0. The largest absolute Gasteiger partial charge is 0.394 e. The molecular formula is C15H22N2O2S. The number of aryl methyl sites for hydroxylation is 1. The summed E-state index contributed by atoms with van der Waals surface area (Å²) in [6, 6.07) is 6.23. The van der Waals surface area contributed by atoms with Crippen LogP contribution < -0.4 is 10.6 Å². The Balaban J connectivity index is 2.05. The molecule has 1 heterocycles. The van der Waals surface area contributed by atoms with Gasteiger partial charge in [0.25, 0.3) is 0 Å². The van der Waals surface area contributed by atoms with Gasteiger partial charge in [0.15, 0.2) is 0 Å². The van der Waals surface area contributed by atoms with E-state index in [9.17, 15) is 0 Å². The molecule has 0 amide bonds. The summed E-state index contributed by atoms with van der Waals surface area (Å²) in [5.41, 5.74) is 9.07. The van der Waals surface area contributed by atoms with Gasteiger partial charge in [0.05, 0.1) is 19.3 Å². The summed E-state index contributed by atoms with van der Waals surface area (Å²) in [6.45, 7) is 4.40. The first kappa shape index (κ1) is 15.2. The first-order valence-corrected chi connectivity index (χ1v) is 7.40. The number of aliphatic hydroxyl groups is 1. The zero-order valence-corrected chi connectivity index (χ0v) is 12.7. The van der Waals surface area contributed by atoms with E-state index in [-0.39, 0.29) is 12.7 Å². The summed E-state index contributed by atoms with van der Waals surface area (Å²) in [6.07, 6.45) is 2.17. The Kier molecular flexibility index (Phi) is 5.34. The van der Waals surface area contributed by atoms with Crippen molar-refractivity contribution >= 4 is 22.9 Å². The number of hydrogen-bond acceptors (Lipinski definition) is 4. The summed E-state index contributed by atoms with van der Waals surface area (Å²) >= 11 is 5.16. The molecule has 0 atom stereocenters. The average Bonchev–Trinajstić information content (AvgIpc) is 2.45. The van der Waals surface area contributed by atoms with Crippen LogP contribution in [-0.2, 0) is 4.74 Å². The minimum Gasteiger partial charge on any atom is -0.394 e. The van der Waals surface area contributed by atoms with E-state index in [2.05, 4.69) is 17.0 Å². The van der Waals surface area contributed by atoms with E-state index in [0.717, 1.165) is 42.7 Å². The number of nitrogens with two attached hydrogens (primary N) is 1. The minimum absolute atomic E-state index is 0.0871. The second-order valence-corrected chi connectivity index (χ2v) is 5.61. The summed E-state index contributed by atoms with van der Waals surface area (Å²) in [5.74, 6) is 0. The van der Waals surface area contributed by atoms with E-state index in [1.165, 1.54) is 0 Å². The molecule has 0 radical (unpaired) electrons. The highest BCUT2D eigenvalue weighted by atomic mass is 32.1. The van der Waals surface area contributed by atoms with Crippen LogP contribution in [0.5, 0.6) is 0 Å². The molecule has 5 heteroatoms. The van der Waals surface area contributed by atoms with Crippen LogP contribution in [0.15, 0.2) is 18.2 Å². The van der Waals surface area contributed by atoms with Crippen LogP contribution in [0.4, 0.5) is 5.69 Å². The predicted molar refractivity (Wildman–Crippen MR) is 85.3 cm³/mol. The third-order valence-electron chi connectivity index (χ3n) is 3.65. The number of hydrogen-bond donors (Lipinski definition) is 2. The maximum absolute atomic E-state index is 8.79. The monoisotopic (exact) mass is 294 g/mol. The first-order chi connectivity index (χ1) is 9.61. The number of thiocarbonyl (C=S) groups is 1. The van der Waals surface area contributed by atoms with Crippen LogP contribution in [0, 0.1) is 6.92 Å². The van der Waals surface area contributed by atoms with Gasteiger partial charge in [0, 0.05) is 24.3 Å². The lowest BCUT2D eigenvalue weighted by Gasteiger charge is -2.34. The molecule has 1 aromatic rings. The number of benzene rings is 1. The van der Waals surface area contributed by atoms with E-state index >= 15 is 0 Å². The molecule has 1 aliphatic heterocycles. The molecule has 0 aliphatic carbocycles. The highest BCUT2D eigenvalue weighted by molar-refractivity contribution is 7.80. The standard InChI is InChI=1S/C15H22N2O2S/c1-11-2-3-14(13(10-11)15(16)20)17-6-4-12(5-7-17)19-9-8-18/h2-3,10,12,18H,4-9H2,1H3,(H2,16,20). The Bertz CT molecular complexity index is 471. The maximum Gasteiger partial charge on any atom is 0.106 e. The van der Waals surface area contributed by atoms with Crippen molar-refractivity contribution < 1.29 is 9.84 Å². The Morgan fingerprint density at radius 1 is 1.45 bits per heavy atom. The summed E-state index contributed by atoms with van der Waals surface area (Å²) < 4.78 is 5.59. The molecule has 4 nitrogen and oxygen atoms in total. The van der Waals surface area contributed by atoms with Crippen molar-refractivity contribution in [1.29, 1.82) is 0 Å². The van der Waals surface area contributed by atoms with E-state index in [1.807, 2.05) is 13.0 Å². The van der Waals surface area contributed by atoms with Gasteiger partial charge < -0.3 is 20.5 Å². The molecule has 0 spiro atoms. The van der Waals surface area contributed by atoms with Gasteiger partial charge in [-0.1, -0.05) is 23.8 Å². The fraction of sp³-hybridized carbons (Fsp3) is 0.533. The summed E-state index contributed by atoms with van der Waals surface area (Å²) in [4.78, 5) is 2.76. The normalized spacial score (nSPS) is 16.4. The predicted octanol–water partition coefficient (Wildman–Crippen LogP) is 1.61. The van der Waals surface area contributed by atoms with Crippen LogP contribution in [-0.4, -0.2) is 42.5 Å². The third kappa shape index (κ3) is 3.69. The van der Waals surface area contributed by atoms with Crippen molar-refractivity contribution in [1.82, 2.24) is 0 Å². The molecule has 1 fully saturated rings. The zero-order chi connectivity index (χ0) is 14.5. The molecule has 110 valence electrons. The average molecular weight is 294 g/mol. The minimum atomic E-state index is 0.0871. The fourth-order valence-electron chi connectivity index (χ4n) is 2.61. The molecule has 0 bridgehead atoms. The molecule has 0 saturated carbocycles. The van der Waals surface area contributed by atoms with Gasteiger partial charge in [-0.05, 0) is 31.9 Å². The second kappa shape index (κ2) is 7.02. The lowest BCUT2D eigenvalue weighted by Crippen LogP contribution is -2.38. The lowest BCUT2D eigenvalue weighted by molar-refractivity contribution is 0.0159. The SMILES string of the molecule is Cc1ccc(N2CCC(OCCO)CC2)c(C(N)=S)c1. The number of ether oxygens (including phenoxy) is 1. The molecule has 20 heavy (non-hydrogen) atoms. The number of nitrogens with zero attached hydrogens (tertiary/aromatic N) is 1. The molecule has 3 N–H and O–H groups in total. The Labute approximate surface area is 125 Å². The van der Waals surface area contributed by atoms with Gasteiger partial charge in [-0.2, -0.15) is 0 Å². The molecule has 2 rings (SSSR count). The fourth-order valence-corrected chi connectivity index (χ4v) is 2.77. The second-order valence-electron chi connectivity index (χ2n) is 5.17. The molecule has 1 aromatic carbocycles. The Morgan fingerprint density at radius 3 is 2.75 bits per heavy atom. The van der Waals surface area contributed by atoms with Crippen LogP contribution in [0.2, 0.25) is 0 Å². The Hall–Kier alpha value is -1.17. The van der Waals surface area contributed by atoms with Crippen LogP contribution in [0.3, 0.4) is 0 Å². The van der Waals surface area contributed by atoms with Gasteiger partial charge in [-0.3, -0.25) is 0 Å². The topological polar surface area (TPSA) is 58.7 Å². The number of piperidine rings is 1. The lowest BCUT2D eigenvalue weighted by atomic mass is 10.0. The van der Waals surface area contributed by atoms with Gasteiger partial charge in [-0.25, -0.2) is 0 Å². The van der Waals surface area contributed by atoms with Crippen LogP contribution >= 0.6 is 12.2 Å². The molecule has 1 aliphatic rings. The van der Waals surface area contributed by atoms with E-state index in [4.69, 9.17) is 27.8 Å². The van der Waals surface area contributed by atoms with Gasteiger partial charge in [0.1, 0.15) is 4.99 Å². The van der Waals surface area contributed by atoms with Crippen LogP contribution in [0.25, 0.3) is 0 Å². The zero-order valence-electron chi connectivity index (χ0n) is 11.8. The van der Waals surface area contributed by atoms with Crippen molar-refractivity contribution in [3.8, 4) is 0 Å². The highest BCUT2D eigenvalue weighted by Crippen LogP contribution is 2.26. The maximum atomic E-state index is 8.79. The summed E-state index contributed by atoms with van der Waals surface area (Å²) in [5, 5.41) is 8.79. The van der Waals surface area contributed by atoms with Gasteiger partial charge >= 0.3 is 0 Å². The quantitative estimate of drug-likeness (QED) is 0.808. The van der Waals surface area contributed by atoms with Crippen molar-refractivity contribution in [3.63, 3.8) is 0 Å². The molecule has 0 unspecified atom stereocenters. The van der Waals surface area contributed by atoms with Gasteiger partial charge in [-0.15, -0.1) is 0 Å². The van der Waals surface area contributed by atoms with E-state index < -0.39 is 0 Å². The Morgan fingerprint density at radius 2 is 2.15 bits per heavy atom. The molecular weight excluding hydrogens is 272 g/mol. The van der Waals surface area contributed by atoms with E-state index in [1.54, 1.807) is 0 Å². The number of aliphatic hydroxyl groups excluding tert-OH is 1.